The van der Waals surface area contributed by atoms with E-state index in [1.54, 1.807) is 0 Å². The maximum atomic E-state index is 10.5. The summed E-state index contributed by atoms with van der Waals surface area (Å²) in [7, 11) is 0. The van der Waals surface area contributed by atoms with Crippen LogP contribution in [0.15, 0.2) is 24.3 Å². The molecular formula is C12H17NO2S. The van der Waals surface area contributed by atoms with Gasteiger partial charge in [-0.2, -0.15) is 11.8 Å². The molecule has 16 heavy (non-hydrogen) atoms. The molecule has 88 valence electrons. The van der Waals surface area contributed by atoms with Gasteiger partial charge in [0.2, 0.25) is 0 Å². The van der Waals surface area contributed by atoms with E-state index in [9.17, 15) is 4.79 Å². The van der Waals surface area contributed by atoms with Gasteiger partial charge in [-0.15, -0.1) is 0 Å². The first-order chi connectivity index (χ1) is 7.61. The third kappa shape index (κ3) is 4.68. The van der Waals surface area contributed by atoms with Crippen molar-refractivity contribution in [2.24, 2.45) is 5.73 Å². The second-order valence-corrected chi connectivity index (χ2v) is 5.17. The van der Waals surface area contributed by atoms with Crippen molar-refractivity contribution < 1.29 is 9.90 Å². The first-order valence-corrected chi connectivity index (χ1v) is 6.28. The van der Waals surface area contributed by atoms with Crippen molar-refractivity contribution in [3.8, 4) is 0 Å². The van der Waals surface area contributed by atoms with Crippen LogP contribution in [0, 0.1) is 0 Å². The molecule has 3 N–H and O–H groups in total. The van der Waals surface area contributed by atoms with Crippen LogP contribution in [0.4, 0.5) is 0 Å². The SMILES string of the molecule is CC(CN)SCc1ccc(CC(=O)O)cc1. The minimum Gasteiger partial charge on any atom is -0.481 e. The van der Waals surface area contributed by atoms with Crippen LogP contribution in [0.1, 0.15) is 18.1 Å². The summed E-state index contributed by atoms with van der Waals surface area (Å²) in [6.07, 6.45) is 0.0899. The molecule has 4 heteroatoms. The van der Waals surface area contributed by atoms with Gasteiger partial charge in [-0.05, 0) is 11.1 Å². The monoisotopic (exact) mass is 239 g/mol. The smallest absolute Gasteiger partial charge is 0.307 e. The number of carboxylic acids is 1. The van der Waals surface area contributed by atoms with E-state index < -0.39 is 5.97 Å². The van der Waals surface area contributed by atoms with Crippen molar-refractivity contribution in [1.82, 2.24) is 0 Å². The third-order valence-corrected chi connectivity index (χ3v) is 3.51. The molecule has 1 rings (SSSR count). The fourth-order valence-electron chi connectivity index (χ4n) is 1.23. The van der Waals surface area contributed by atoms with Gasteiger partial charge in [0.25, 0.3) is 0 Å². The van der Waals surface area contributed by atoms with Gasteiger partial charge in [0.1, 0.15) is 0 Å². The van der Waals surface area contributed by atoms with Crippen LogP contribution in [0.3, 0.4) is 0 Å². The van der Waals surface area contributed by atoms with Gasteiger partial charge in [-0.1, -0.05) is 31.2 Å². The Morgan fingerprint density at radius 2 is 1.94 bits per heavy atom. The average molecular weight is 239 g/mol. The van der Waals surface area contributed by atoms with Crippen molar-refractivity contribution in [3.05, 3.63) is 35.4 Å². The molecule has 0 heterocycles. The minimum atomic E-state index is -0.793. The second kappa shape index (κ2) is 6.55. The summed E-state index contributed by atoms with van der Waals surface area (Å²) < 4.78 is 0. The lowest BCUT2D eigenvalue weighted by Gasteiger charge is -2.08. The molecule has 0 saturated carbocycles. The summed E-state index contributed by atoms with van der Waals surface area (Å²) in [5, 5.41) is 9.08. The fourth-order valence-corrected chi connectivity index (χ4v) is 2.04. The van der Waals surface area contributed by atoms with Gasteiger partial charge < -0.3 is 10.8 Å². The summed E-state index contributed by atoms with van der Waals surface area (Å²) in [6, 6.07) is 7.71. The first kappa shape index (κ1) is 13.1. The van der Waals surface area contributed by atoms with E-state index in [1.165, 1.54) is 5.56 Å². The Labute approximate surface area is 100 Å². The number of aliphatic carboxylic acids is 1. The number of rotatable bonds is 6. The van der Waals surface area contributed by atoms with E-state index >= 15 is 0 Å². The van der Waals surface area contributed by atoms with Crippen molar-refractivity contribution in [3.63, 3.8) is 0 Å². The maximum Gasteiger partial charge on any atom is 0.307 e. The summed E-state index contributed by atoms with van der Waals surface area (Å²) >= 11 is 1.81. The lowest BCUT2D eigenvalue weighted by molar-refractivity contribution is -0.136. The molecule has 1 aromatic carbocycles. The molecule has 0 fully saturated rings. The zero-order chi connectivity index (χ0) is 12.0. The quantitative estimate of drug-likeness (QED) is 0.795. The Balaban J connectivity index is 2.48. The molecule has 0 aromatic heterocycles. The number of thioether (sulfide) groups is 1. The lowest BCUT2D eigenvalue weighted by atomic mass is 10.1. The summed E-state index contributed by atoms with van der Waals surface area (Å²) in [5.41, 5.74) is 7.58. The predicted octanol–water partition coefficient (Wildman–Crippen LogP) is 1.89. The Bertz CT molecular complexity index is 337. The fraction of sp³-hybridized carbons (Fsp3) is 0.417. The lowest BCUT2D eigenvalue weighted by Crippen LogP contribution is -2.12. The van der Waals surface area contributed by atoms with Crippen LogP contribution in [0.5, 0.6) is 0 Å². The number of nitrogens with two attached hydrogens (primary N) is 1. The van der Waals surface area contributed by atoms with E-state index in [0.29, 0.717) is 11.8 Å². The van der Waals surface area contributed by atoms with Crippen LogP contribution in [-0.2, 0) is 17.0 Å². The van der Waals surface area contributed by atoms with Gasteiger partial charge >= 0.3 is 5.97 Å². The minimum absolute atomic E-state index is 0.0899. The predicted molar refractivity (Wildman–Crippen MR) is 67.6 cm³/mol. The Morgan fingerprint density at radius 3 is 2.44 bits per heavy atom. The third-order valence-electron chi connectivity index (χ3n) is 2.24. The molecule has 3 nitrogen and oxygen atoms in total. The van der Waals surface area contributed by atoms with Gasteiger partial charge in [0.05, 0.1) is 6.42 Å². The van der Waals surface area contributed by atoms with E-state index in [0.717, 1.165) is 11.3 Å². The topological polar surface area (TPSA) is 63.3 Å². The Hall–Kier alpha value is -1.00. The average Bonchev–Trinajstić information content (AvgIpc) is 2.27. The number of carboxylic acid groups (broad SMARTS) is 1. The Morgan fingerprint density at radius 1 is 1.38 bits per heavy atom. The van der Waals surface area contributed by atoms with Crippen molar-refractivity contribution >= 4 is 17.7 Å². The molecule has 1 aromatic rings. The zero-order valence-corrected chi connectivity index (χ0v) is 10.2. The highest BCUT2D eigenvalue weighted by molar-refractivity contribution is 7.99. The van der Waals surface area contributed by atoms with Crippen LogP contribution in [0.25, 0.3) is 0 Å². The van der Waals surface area contributed by atoms with E-state index in [1.807, 2.05) is 36.0 Å². The number of hydrogen-bond donors (Lipinski definition) is 2. The molecule has 0 aliphatic carbocycles. The second-order valence-electron chi connectivity index (χ2n) is 3.74. The first-order valence-electron chi connectivity index (χ1n) is 5.23. The summed E-state index contributed by atoms with van der Waals surface area (Å²) in [4.78, 5) is 10.5. The van der Waals surface area contributed by atoms with Gasteiger partial charge in [0, 0.05) is 17.5 Å². The van der Waals surface area contributed by atoms with Crippen LogP contribution < -0.4 is 5.73 Å². The van der Waals surface area contributed by atoms with E-state index in [-0.39, 0.29) is 6.42 Å². The van der Waals surface area contributed by atoms with Gasteiger partial charge in [-0.25, -0.2) is 0 Å². The molecule has 1 unspecified atom stereocenters. The highest BCUT2D eigenvalue weighted by Gasteiger charge is 2.02. The molecule has 1 atom stereocenters. The number of hydrogen-bond acceptors (Lipinski definition) is 3. The van der Waals surface area contributed by atoms with Crippen molar-refractivity contribution in [1.29, 1.82) is 0 Å². The molecule has 0 saturated heterocycles. The van der Waals surface area contributed by atoms with Crippen molar-refractivity contribution in [2.75, 3.05) is 6.54 Å². The van der Waals surface area contributed by atoms with E-state index in [2.05, 4.69) is 6.92 Å². The molecular weight excluding hydrogens is 222 g/mol. The molecule has 0 radical (unpaired) electrons. The molecule has 0 amide bonds. The van der Waals surface area contributed by atoms with Crippen LogP contribution >= 0.6 is 11.8 Å². The van der Waals surface area contributed by atoms with Gasteiger partial charge in [-0.3, -0.25) is 4.79 Å². The van der Waals surface area contributed by atoms with Crippen molar-refractivity contribution in [2.45, 2.75) is 24.3 Å². The maximum absolute atomic E-state index is 10.5. The Kier molecular flexibility index (Phi) is 5.35. The van der Waals surface area contributed by atoms with Crippen LogP contribution in [0.2, 0.25) is 0 Å². The summed E-state index contributed by atoms with van der Waals surface area (Å²) in [6.45, 7) is 2.78. The normalized spacial score (nSPS) is 12.4. The molecule has 0 bridgehead atoms. The standard InChI is InChI=1S/C12H17NO2S/c1-9(7-13)16-8-11-4-2-10(3-5-11)6-12(14)15/h2-5,9H,6-8,13H2,1H3,(H,14,15). The van der Waals surface area contributed by atoms with E-state index in [4.69, 9.17) is 10.8 Å². The molecule has 0 aliphatic heterocycles. The highest BCUT2D eigenvalue weighted by Crippen LogP contribution is 2.17. The largest absolute Gasteiger partial charge is 0.481 e. The van der Waals surface area contributed by atoms with Crippen LogP contribution in [-0.4, -0.2) is 22.9 Å². The molecule has 0 spiro atoms. The molecule has 0 aliphatic rings. The number of benzene rings is 1. The highest BCUT2D eigenvalue weighted by atomic mass is 32.2. The zero-order valence-electron chi connectivity index (χ0n) is 9.35. The van der Waals surface area contributed by atoms with Gasteiger partial charge in [0.15, 0.2) is 0 Å². The number of carbonyl (C=O) groups is 1. The summed E-state index contributed by atoms with van der Waals surface area (Å²) in [5.74, 6) is 0.130.